The van der Waals surface area contributed by atoms with Gasteiger partial charge in [-0.15, -0.1) is 11.8 Å². The lowest BCUT2D eigenvalue weighted by Gasteiger charge is -2.00. The summed E-state index contributed by atoms with van der Waals surface area (Å²) in [5.41, 5.74) is 0. The van der Waals surface area contributed by atoms with Crippen LogP contribution in [0.5, 0.6) is 0 Å². The highest BCUT2D eigenvalue weighted by Crippen LogP contribution is 2.10. The fraction of sp³-hybridized carbons (Fsp3) is 0.833. The fourth-order valence-electron chi connectivity index (χ4n) is 2.31. The molecule has 0 aliphatic rings. The maximum Gasteiger partial charge on any atom is 0.203 e. The highest BCUT2D eigenvalue weighted by atomic mass is 16.6. The molecule has 22 heavy (non-hydrogen) atoms. The first-order valence-corrected chi connectivity index (χ1v) is 8.78. The topological polar surface area (TPSA) is 60.2 Å². The lowest BCUT2D eigenvalue weighted by molar-refractivity contribution is -0.480. The second kappa shape index (κ2) is 17.7. The molecule has 0 aromatic carbocycles. The molecule has 0 fully saturated rings. The van der Waals surface area contributed by atoms with Crippen LogP contribution in [0.25, 0.3) is 0 Å². The molecule has 0 saturated heterocycles. The number of carbonyl (C=O) groups is 1. The van der Waals surface area contributed by atoms with Crippen LogP contribution in [-0.4, -0.2) is 17.8 Å². The molecule has 0 N–H and O–H groups in total. The molecule has 126 valence electrons. The van der Waals surface area contributed by atoms with Gasteiger partial charge >= 0.3 is 0 Å². The summed E-state index contributed by atoms with van der Waals surface area (Å²) in [5.74, 6) is 6.37. The normalized spacial score (nSPS) is 10.0. The Labute approximate surface area is 135 Å². The van der Waals surface area contributed by atoms with Crippen LogP contribution in [0.4, 0.5) is 0 Å². The zero-order valence-corrected chi connectivity index (χ0v) is 13.9. The Morgan fingerprint density at radius 2 is 1.18 bits per heavy atom. The molecule has 0 spiro atoms. The molecular weight excluding hydrogens is 278 g/mol. The van der Waals surface area contributed by atoms with E-state index < -0.39 is 0 Å². The molecule has 0 aliphatic carbocycles. The number of aldehydes is 1. The van der Waals surface area contributed by atoms with Crippen molar-refractivity contribution < 1.29 is 9.72 Å². The molecule has 0 amide bonds. The van der Waals surface area contributed by atoms with E-state index in [1.807, 2.05) is 0 Å². The van der Waals surface area contributed by atoms with Crippen molar-refractivity contribution in [3.8, 4) is 11.8 Å². The van der Waals surface area contributed by atoms with Gasteiger partial charge in [-0.2, -0.15) is 0 Å². The maximum atomic E-state index is 10.1. The predicted octanol–water partition coefficient (Wildman–Crippen LogP) is 4.93. The highest BCUT2D eigenvalue weighted by molar-refractivity contribution is 5.48. The zero-order chi connectivity index (χ0) is 16.3. The van der Waals surface area contributed by atoms with Crippen LogP contribution in [0.2, 0.25) is 0 Å². The summed E-state index contributed by atoms with van der Waals surface area (Å²) in [4.78, 5) is 20.0. The first-order chi connectivity index (χ1) is 10.8. The summed E-state index contributed by atoms with van der Waals surface area (Å²) in [6, 6.07) is 0. The van der Waals surface area contributed by atoms with E-state index in [1.54, 1.807) is 0 Å². The quantitative estimate of drug-likeness (QED) is 0.142. The Morgan fingerprint density at radius 1 is 0.727 bits per heavy atom. The molecular formula is C18H31NO3. The number of hydrogen-bond acceptors (Lipinski definition) is 3. The lowest BCUT2D eigenvalue weighted by Crippen LogP contribution is -1.99. The average Bonchev–Trinajstić information content (AvgIpc) is 2.50. The van der Waals surface area contributed by atoms with Crippen LogP contribution in [0.1, 0.15) is 89.9 Å². The average molecular weight is 309 g/mol. The molecule has 0 heterocycles. The second-order valence-electron chi connectivity index (χ2n) is 5.75. The van der Waals surface area contributed by atoms with E-state index in [1.165, 1.54) is 38.5 Å². The number of nitro groups is 1. The number of nitrogens with zero attached hydrogens (tertiary/aromatic N) is 1. The summed E-state index contributed by atoms with van der Waals surface area (Å²) < 4.78 is 0. The van der Waals surface area contributed by atoms with Gasteiger partial charge in [-0.25, -0.2) is 0 Å². The monoisotopic (exact) mass is 309 g/mol. The molecule has 0 radical (unpaired) electrons. The second-order valence-corrected chi connectivity index (χ2v) is 5.75. The molecule has 0 saturated carbocycles. The summed E-state index contributed by atoms with van der Waals surface area (Å²) in [6.07, 6.45) is 15.8. The molecule has 4 nitrogen and oxygen atoms in total. The molecule has 0 unspecified atom stereocenters. The largest absolute Gasteiger partial charge is 0.303 e. The van der Waals surface area contributed by atoms with E-state index in [4.69, 9.17) is 0 Å². The Hall–Kier alpha value is -1.37. The Kier molecular flexibility index (Phi) is 16.6. The summed E-state index contributed by atoms with van der Waals surface area (Å²) in [6.45, 7) is 0.123. The van der Waals surface area contributed by atoms with E-state index in [0.29, 0.717) is 6.42 Å². The third kappa shape index (κ3) is 18.6. The Morgan fingerprint density at radius 3 is 1.68 bits per heavy atom. The molecule has 0 aliphatic heterocycles. The van der Waals surface area contributed by atoms with Gasteiger partial charge in [-0.1, -0.05) is 38.5 Å². The van der Waals surface area contributed by atoms with E-state index in [0.717, 1.165) is 51.2 Å². The van der Waals surface area contributed by atoms with Crippen LogP contribution >= 0.6 is 0 Å². The zero-order valence-electron chi connectivity index (χ0n) is 13.9. The van der Waals surface area contributed by atoms with Crippen molar-refractivity contribution in [3.63, 3.8) is 0 Å². The Bertz CT molecular complexity index is 331. The van der Waals surface area contributed by atoms with Crippen molar-refractivity contribution >= 4 is 6.29 Å². The smallest absolute Gasteiger partial charge is 0.203 e. The van der Waals surface area contributed by atoms with Crippen LogP contribution in [0.15, 0.2) is 0 Å². The Balaban J connectivity index is 3.09. The van der Waals surface area contributed by atoms with Gasteiger partial charge in [0, 0.05) is 30.6 Å². The van der Waals surface area contributed by atoms with Crippen LogP contribution in [0.3, 0.4) is 0 Å². The van der Waals surface area contributed by atoms with Gasteiger partial charge in [-0.05, 0) is 25.7 Å². The fourth-order valence-corrected chi connectivity index (χ4v) is 2.31. The molecule has 0 aromatic rings. The third-order valence-corrected chi connectivity index (χ3v) is 3.64. The molecule has 0 aromatic heterocycles. The van der Waals surface area contributed by atoms with Gasteiger partial charge in [0.2, 0.25) is 6.54 Å². The van der Waals surface area contributed by atoms with Crippen molar-refractivity contribution in [2.24, 2.45) is 0 Å². The predicted molar refractivity (Wildman–Crippen MR) is 90.3 cm³/mol. The summed E-state index contributed by atoms with van der Waals surface area (Å²) >= 11 is 0. The third-order valence-electron chi connectivity index (χ3n) is 3.64. The highest BCUT2D eigenvalue weighted by Gasteiger charge is 1.96. The van der Waals surface area contributed by atoms with Crippen LogP contribution in [0, 0.1) is 22.0 Å². The van der Waals surface area contributed by atoms with Gasteiger partial charge in [-0.3, -0.25) is 10.1 Å². The SMILES string of the molecule is O=CCCCCC#CCCCCCCCCCCC[N+](=O)[O-]. The first-order valence-electron chi connectivity index (χ1n) is 8.78. The first kappa shape index (κ1) is 20.6. The minimum Gasteiger partial charge on any atom is -0.303 e. The van der Waals surface area contributed by atoms with Crippen molar-refractivity contribution in [2.45, 2.75) is 89.9 Å². The minimum atomic E-state index is -0.228. The van der Waals surface area contributed by atoms with Crippen molar-refractivity contribution in [2.75, 3.05) is 6.54 Å². The number of hydrogen-bond donors (Lipinski definition) is 0. The van der Waals surface area contributed by atoms with Gasteiger partial charge in [0.25, 0.3) is 0 Å². The summed E-state index contributed by atoms with van der Waals surface area (Å²) in [5, 5.41) is 10.1. The van der Waals surface area contributed by atoms with Crippen molar-refractivity contribution in [3.05, 3.63) is 10.1 Å². The maximum absolute atomic E-state index is 10.1. The molecule has 0 bridgehead atoms. The van der Waals surface area contributed by atoms with E-state index >= 15 is 0 Å². The summed E-state index contributed by atoms with van der Waals surface area (Å²) in [7, 11) is 0. The van der Waals surface area contributed by atoms with E-state index in [2.05, 4.69) is 11.8 Å². The lowest BCUT2D eigenvalue weighted by atomic mass is 10.1. The number of unbranched alkanes of at least 4 members (excludes halogenated alkanes) is 12. The standard InChI is InChI=1S/C18H31NO3/c20-18-16-14-12-10-8-6-4-2-1-3-5-7-9-11-13-15-17-19(21)22/h18H,1-5,7,9-17H2. The van der Waals surface area contributed by atoms with E-state index in [9.17, 15) is 14.9 Å². The van der Waals surface area contributed by atoms with Gasteiger partial charge < -0.3 is 4.79 Å². The number of rotatable bonds is 15. The molecule has 0 rings (SSSR count). The van der Waals surface area contributed by atoms with Crippen molar-refractivity contribution in [1.29, 1.82) is 0 Å². The number of carbonyl (C=O) groups excluding carboxylic acids is 1. The van der Waals surface area contributed by atoms with E-state index in [-0.39, 0.29) is 11.5 Å². The molecule has 4 heteroatoms. The van der Waals surface area contributed by atoms with Gasteiger partial charge in [0.1, 0.15) is 6.29 Å². The van der Waals surface area contributed by atoms with Gasteiger partial charge in [0.05, 0.1) is 0 Å². The minimum absolute atomic E-state index is 0.123. The van der Waals surface area contributed by atoms with Crippen LogP contribution < -0.4 is 0 Å². The van der Waals surface area contributed by atoms with Crippen LogP contribution in [-0.2, 0) is 4.79 Å². The molecule has 0 atom stereocenters. The van der Waals surface area contributed by atoms with Gasteiger partial charge in [0.15, 0.2) is 0 Å². The van der Waals surface area contributed by atoms with Crippen molar-refractivity contribution in [1.82, 2.24) is 0 Å².